The molecule has 0 spiro atoms. The molecule has 8 nitrogen and oxygen atoms in total. The number of nitrogens with zero attached hydrogens (tertiary/aromatic N) is 4. The third-order valence-corrected chi connectivity index (χ3v) is 3.86. The number of benzene rings is 1. The smallest absolute Gasteiger partial charge is 0.319 e. The van der Waals surface area contributed by atoms with E-state index in [1.165, 1.54) is 10.1 Å². The van der Waals surface area contributed by atoms with Crippen molar-refractivity contribution in [2.24, 2.45) is 0 Å². The van der Waals surface area contributed by atoms with Crippen LogP contribution in [0.3, 0.4) is 0 Å². The first kappa shape index (κ1) is 15.8. The molecule has 4 aromatic rings. The van der Waals surface area contributed by atoms with E-state index in [4.69, 9.17) is 0 Å². The molecule has 0 radical (unpaired) electrons. The molecule has 0 atom stereocenters. The molecule has 3 N–H and O–H groups in total. The van der Waals surface area contributed by atoms with Gasteiger partial charge in [0.15, 0.2) is 0 Å². The van der Waals surface area contributed by atoms with Crippen LogP contribution in [-0.4, -0.2) is 37.3 Å². The number of aromatic nitrogens is 5. The predicted molar refractivity (Wildman–Crippen MR) is 98.2 cm³/mol. The second-order valence-electron chi connectivity index (χ2n) is 5.74. The van der Waals surface area contributed by atoms with Crippen molar-refractivity contribution >= 4 is 22.6 Å². The summed E-state index contributed by atoms with van der Waals surface area (Å²) in [4.78, 5) is 23.6. The molecule has 0 aliphatic carbocycles. The number of fused-ring (bicyclic) bond motifs is 1. The van der Waals surface area contributed by atoms with Crippen molar-refractivity contribution in [1.29, 1.82) is 0 Å². The molecule has 0 aliphatic rings. The van der Waals surface area contributed by atoms with Crippen molar-refractivity contribution in [1.82, 2.24) is 30.0 Å². The van der Waals surface area contributed by atoms with E-state index < -0.39 is 0 Å². The van der Waals surface area contributed by atoms with E-state index in [2.05, 4.69) is 42.8 Å². The Morgan fingerprint density at radius 1 is 1.15 bits per heavy atom. The topological polar surface area (TPSA) is 101 Å². The number of anilines is 1. The van der Waals surface area contributed by atoms with Gasteiger partial charge in [-0.2, -0.15) is 5.10 Å². The Hall–Kier alpha value is -3.68. The van der Waals surface area contributed by atoms with Gasteiger partial charge in [-0.25, -0.2) is 19.4 Å². The van der Waals surface area contributed by atoms with Gasteiger partial charge >= 0.3 is 6.03 Å². The molecule has 0 unspecified atom stereocenters. The molecule has 3 heterocycles. The van der Waals surface area contributed by atoms with Crippen LogP contribution < -0.4 is 10.6 Å². The van der Waals surface area contributed by atoms with E-state index in [0.29, 0.717) is 18.2 Å². The monoisotopic (exact) mass is 347 g/mol. The minimum atomic E-state index is -0.283. The van der Waals surface area contributed by atoms with Gasteiger partial charge in [-0.15, -0.1) is 0 Å². The van der Waals surface area contributed by atoms with Gasteiger partial charge in [0.25, 0.3) is 0 Å². The lowest BCUT2D eigenvalue weighted by molar-refractivity contribution is 0.252. The highest BCUT2D eigenvalue weighted by molar-refractivity contribution is 5.89. The maximum atomic E-state index is 12.0. The van der Waals surface area contributed by atoms with Crippen LogP contribution in [0.25, 0.3) is 16.9 Å². The third kappa shape index (κ3) is 3.54. The van der Waals surface area contributed by atoms with Gasteiger partial charge in [0.2, 0.25) is 5.95 Å². The summed E-state index contributed by atoms with van der Waals surface area (Å²) in [5.74, 6) is 0.444. The van der Waals surface area contributed by atoms with Gasteiger partial charge in [-0.3, -0.25) is 0 Å². The number of hydrogen-bond acceptors (Lipinski definition) is 4. The van der Waals surface area contributed by atoms with Crippen LogP contribution in [0, 0.1) is 0 Å². The number of H-pyrrole nitrogens is 1. The summed E-state index contributed by atoms with van der Waals surface area (Å²) in [5, 5.41) is 10.9. The number of para-hydroxylation sites is 1. The van der Waals surface area contributed by atoms with Crippen molar-refractivity contribution in [3.05, 3.63) is 66.9 Å². The number of hydrogen-bond donors (Lipinski definition) is 3. The Kier molecular flexibility index (Phi) is 4.29. The van der Waals surface area contributed by atoms with Crippen molar-refractivity contribution < 1.29 is 4.79 Å². The Morgan fingerprint density at radius 3 is 2.85 bits per heavy atom. The van der Waals surface area contributed by atoms with E-state index in [1.54, 1.807) is 30.9 Å². The Balaban J connectivity index is 1.29. The second-order valence-corrected chi connectivity index (χ2v) is 5.74. The zero-order valence-electron chi connectivity index (χ0n) is 13.9. The number of rotatable bonds is 5. The first-order chi connectivity index (χ1) is 12.8. The van der Waals surface area contributed by atoms with Crippen LogP contribution in [0.15, 0.2) is 61.2 Å². The highest BCUT2D eigenvalue weighted by Gasteiger charge is 2.07. The number of carbonyl (C=O) groups is 1. The molecule has 0 bridgehead atoms. The van der Waals surface area contributed by atoms with E-state index in [-0.39, 0.29) is 6.03 Å². The molecule has 1 aromatic carbocycles. The van der Waals surface area contributed by atoms with Crippen LogP contribution in [-0.2, 0) is 6.42 Å². The van der Waals surface area contributed by atoms with Gasteiger partial charge in [-0.1, -0.05) is 18.2 Å². The molecule has 8 heteroatoms. The standard InChI is InChI=1S/C18H17N7O/c26-18(21-9-6-14-10-13-4-1-2-5-16(13)23-14)24-15-11-22-25(12-15)17-19-7-3-8-20-17/h1-5,7-8,10-12,23H,6,9H2,(H2,21,24,26). The molecule has 4 rings (SSSR count). The van der Waals surface area contributed by atoms with Crippen LogP contribution in [0.2, 0.25) is 0 Å². The maximum absolute atomic E-state index is 12.0. The van der Waals surface area contributed by atoms with Gasteiger partial charge in [-0.05, 0) is 23.6 Å². The molecule has 130 valence electrons. The molecule has 0 aliphatic heterocycles. The van der Waals surface area contributed by atoms with Crippen molar-refractivity contribution in [2.75, 3.05) is 11.9 Å². The summed E-state index contributed by atoms with van der Waals surface area (Å²) in [6.45, 7) is 0.522. The first-order valence-corrected chi connectivity index (χ1v) is 8.21. The molecule has 2 amide bonds. The summed E-state index contributed by atoms with van der Waals surface area (Å²) >= 11 is 0. The number of aromatic amines is 1. The normalized spacial score (nSPS) is 10.8. The average Bonchev–Trinajstić information content (AvgIpc) is 3.29. The summed E-state index contributed by atoms with van der Waals surface area (Å²) in [6.07, 6.45) is 7.20. The van der Waals surface area contributed by atoms with Crippen LogP contribution in [0.5, 0.6) is 0 Å². The van der Waals surface area contributed by atoms with E-state index in [1.807, 2.05) is 18.2 Å². The Bertz CT molecular complexity index is 989. The van der Waals surface area contributed by atoms with Crippen molar-refractivity contribution in [3.63, 3.8) is 0 Å². The Labute approximate surface area is 149 Å². The largest absolute Gasteiger partial charge is 0.358 e. The van der Waals surface area contributed by atoms with E-state index in [0.717, 1.165) is 17.6 Å². The maximum Gasteiger partial charge on any atom is 0.319 e. The van der Waals surface area contributed by atoms with Crippen LogP contribution in [0.1, 0.15) is 5.69 Å². The van der Waals surface area contributed by atoms with Crippen LogP contribution in [0.4, 0.5) is 10.5 Å². The van der Waals surface area contributed by atoms with Gasteiger partial charge in [0.05, 0.1) is 18.1 Å². The molecule has 3 aromatic heterocycles. The van der Waals surface area contributed by atoms with E-state index >= 15 is 0 Å². The van der Waals surface area contributed by atoms with Crippen molar-refractivity contribution in [3.8, 4) is 5.95 Å². The zero-order chi connectivity index (χ0) is 17.8. The zero-order valence-corrected chi connectivity index (χ0v) is 13.9. The molecule has 0 saturated heterocycles. The second kappa shape index (κ2) is 7.06. The third-order valence-electron chi connectivity index (χ3n) is 3.86. The number of carbonyl (C=O) groups excluding carboxylic acids is 1. The average molecular weight is 347 g/mol. The fourth-order valence-electron chi connectivity index (χ4n) is 2.66. The number of amides is 2. The lowest BCUT2D eigenvalue weighted by Crippen LogP contribution is -2.30. The predicted octanol–water partition coefficient (Wildman–Crippen LogP) is 2.51. The summed E-state index contributed by atoms with van der Waals surface area (Å²) in [6, 6.07) is 11.6. The first-order valence-electron chi connectivity index (χ1n) is 8.21. The lowest BCUT2D eigenvalue weighted by atomic mass is 10.2. The Morgan fingerprint density at radius 2 is 2.00 bits per heavy atom. The molecule has 0 saturated carbocycles. The summed E-state index contributed by atoms with van der Waals surface area (Å²) < 4.78 is 1.50. The van der Waals surface area contributed by atoms with Gasteiger partial charge in [0.1, 0.15) is 0 Å². The molecule has 26 heavy (non-hydrogen) atoms. The SMILES string of the molecule is O=C(NCCc1cc2ccccc2[nH]1)Nc1cnn(-c2ncccn2)c1. The van der Waals surface area contributed by atoms with Gasteiger partial charge < -0.3 is 15.6 Å². The van der Waals surface area contributed by atoms with E-state index in [9.17, 15) is 4.79 Å². The lowest BCUT2D eigenvalue weighted by Gasteiger charge is -2.05. The highest BCUT2D eigenvalue weighted by atomic mass is 16.2. The minimum absolute atomic E-state index is 0.283. The van der Waals surface area contributed by atoms with Crippen molar-refractivity contribution in [2.45, 2.75) is 6.42 Å². The fourth-order valence-corrected chi connectivity index (χ4v) is 2.66. The fraction of sp³-hybridized carbons (Fsp3) is 0.111. The summed E-state index contributed by atoms with van der Waals surface area (Å²) in [5.41, 5.74) is 2.75. The van der Waals surface area contributed by atoms with Gasteiger partial charge in [0, 0.05) is 36.6 Å². The molecular formula is C18H17N7O. The quantitative estimate of drug-likeness (QED) is 0.516. The highest BCUT2D eigenvalue weighted by Crippen LogP contribution is 2.14. The van der Waals surface area contributed by atoms with Crippen LogP contribution >= 0.6 is 0 Å². The summed E-state index contributed by atoms with van der Waals surface area (Å²) in [7, 11) is 0. The number of urea groups is 1. The molecular weight excluding hydrogens is 330 g/mol. The number of nitrogens with one attached hydrogen (secondary N) is 3. The molecule has 0 fully saturated rings. The minimum Gasteiger partial charge on any atom is -0.358 e.